The van der Waals surface area contributed by atoms with Crippen molar-refractivity contribution in [3.05, 3.63) is 35.4 Å². The van der Waals surface area contributed by atoms with Gasteiger partial charge in [0.2, 0.25) is 0 Å². The van der Waals surface area contributed by atoms with Crippen LogP contribution < -0.4 is 0 Å². The predicted molar refractivity (Wildman–Crippen MR) is 60.0 cm³/mol. The molecule has 0 fully saturated rings. The van der Waals surface area contributed by atoms with E-state index in [4.69, 9.17) is 5.11 Å². The maximum atomic E-state index is 7.00. The van der Waals surface area contributed by atoms with Crippen molar-refractivity contribution in [2.45, 2.75) is 34.1 Å². The molecule has 0 aliphatic rings. The average molecular weight is 182 g/mol. The van der Waals surface area contributed by atoms with Crippen LogP contribution >= 0.6 is 0 Å². The Morgan fingerprint density at radius 1 is 1.00 bits per heavy atom. The minimum absolute atomic E-state index is 1.00. The highest BCUT2D eigenvalue weighted by atomic mass is 16.2. The zero-order chi connectivity index (χ0) is 10.7. The molecule has 1 nitrogen and oxygen atoms in total. The first kappa shape index (κ1) is 14.7. The lowest BCUT2D eigenvalue weighted by atomic mass is 10.1. The molecule has 0 bridgehead atoms. The highest BCUT2D eigenvalue weighted by Gasteiger charge is 1.84. The van der Waals surface area contributed by atoms with Gasteiger partial charge in [-0.1, -0.05) is 50.6 Å². The lowest BCUT2D eigenvalue weighted by molar-refractivity contribution is 0.399. The molecule has 0 unspecified atom stereocenters. The SMILES string of the molecule is CC.CCc1ccc(C)cc1.CO. The van der Waals surface area contributed by atoms with E-state index in [0.717, 1.165) is 13.5 Å². The lowest BCUT2D eigenvalue weighted by Crippen LogP contribution is -1.77. The molecular weight excluding hydrogens is 160 g/mol. The second kappa shape index (κ2) is 11.2. The summed E-state index contributed by atoms with van der Waals surface area (Å²) in [5.74, 6) is 0. The highest BCUT2D eigenvalue weighted by molar-refractivity contribution is 5.20. The Morgan fingerprint density at radius 3 is 1.69 bits per heavy atom. The maximum absolute atomic E-state index is 7.00. The molecule has 0 radical (unpaired) electrons. The number of hydrogen-bond donors (Lipinski definition) is 1. The minimum atomic E-state index is 1.00. The molecule has 0 heterocycles. The minimum Gasteiger partial charge on any atom is -0.400 e. The quantitative estimate of drug-likeness (QED) is 0.707. The summed E-state index contributed by atoms with van der Waals surface area (Å²) in [6.45, 7) is 8.28. The van der Waals surface area contributed by atoms with E-state index in [1.807, 2.05) is 13.8 Å². The third-order valence-electron chi connectivity index (χ3n) is 1.53. The van der Waals surface area contributed by atoms with Gasteiger partial charge in [-0.15, -0.1) is 0 Å². The van der Waals surface area contributed by atoms with Crippen molar-refractivity contribution in [2.75, 3.05) is 7.11 Å². The van der Waals surface area contributed by atoms with Crippen LogP contribution in [-0.2, 0) is 6.42 Å². The van der Waals surface area contributed by atoms with Gasteiger partial charge in [0.25, 0.3) is 0 Å². The normalized spacial score (nSPS) is 7.54. The predicted octanol–water partition coefficient (Wildman–Crippen LogP) is 3.19. The Morgan fingerprint density at radius 2 is 1.38 bits per heavy atom. The van der Waals surface area contributed by atoms with Crippen LogP contribution in [0.2, 0.25) is 0 Å². The second-order valence-electron chi connectivity index (χ2n) is 2.34. The molecule has 1 aromatic carbocycles. The second-order valence-corrected chi connectivity index (χ2v) is 2.34. The monoisotopic (exact) mass is 182 g/mol. The molecule has 0 saturated carbocycles. The standard InChI is InChI=1S/C9H12.C2H6.CH4O/c1-3-9-6-4-8(2)5-7-9;2*1-2/h4-7H,3H2,1-2H3;1-2H3;2H,1H3. The Labute approximate surface area is 82.4 Å². The van der Waals surface area contributed by atoms with Gasteiger partial charge in [-0.25, -0.2) is 0 Å². The summed E-state index contributed by atoms with van der Waals surface area (Å²) in [6, 6.07) is 8.66. The van der Waals surface area contributed by atoms with Crippen LogP contribution in [0.15, 0.2) is 24.3 Å². The number of rotatable bonds is 1. The molecule has 0 spiro atoms. The molecule has 0 amide bonds. The molecule has 13 heavy (non-hydrogen) atoms. The van der Waals surface area contributed by atoms with E-state index in [1.54, 1.807) is 0 Å². The van der Waals surface area contributed by atoms with Crippen LogP contribution in [-0.4, -0.2) is 12.2 Å². The molecule has 1 aromatic rings. The van der Waals surface area contributed by atoms with E-state index in [-0.39, 0.29) is 0 Å². The van der Waals surface area contributed by atoms with Crippen LogP contribution in [0.5, 0.6) is 0 Å². The molecule has 76 valence electrons. The van der Waals surface area contributed by atoms with E-state index < -0.39 is 0 Å². The smallest absolute Gasteiger partial charge is 0.0319 e. The zero-order valence-electron chi connectivity index (χ0n) is 9.46. The van der Waals surface area contributed by atoms with Gasteiger partial charge < -0.3 is 5.11 Å². The molecule has 0 atom stereocenters. The van der Waals surface area contributed by atoms with E-state index in [9.17, 15) is 0 Å². The molecule has 1 heteroatoms. The van der Waals surface area contributed by atoms with Gasteiger partial charge in [-0.3, -0.25) is 0 Å². The first-order valence-corrected chi connectivity index (χ1v) is 4.83. The molecule has 0 saturated heterocycles. The van der Waals surface area contributed by atoms with Gasteiger partial charge in [0.1, 0.15) is 0 Å². The fraction of sp³-hybridized carbons (Fsp3) is 0.500. The Kier molecular flexibility index (Phi) is 12.6. The zero-order valence-corrected chi connectivity index (χ0v) is 9.46. The number of aliphatic hydroxyl groups excluding tert-OH is 1. The number of aliphatic hydroxyl groups is 1. The Bertz CT molecular complexity index is 177. The van der Waals surface area contributed by atoms with Gasteiger partial charge >= 0.3 is 0 Å². The van der Waals surface area contributed by atoms with E-state index in [1.165, 1.54) is 11.1 Å². The largest absolute Gasteiger partial charge is 0.400 e. The lowest BCUT2D eigenvalue weighted by Gasteiger charge is -1.94. The molecule has 0 aliphatic heterocycles. The number of benzene rings is 1. The average Bonchev–Trinajstić information content (AvgIpc) is 2.25. The van der Waals surface area contributed by atoms with Crippen molar-refractivity contribution in [3.8, 4) is 0 Å². The summed E-state index contributed by atoms with van der Waals surface area (Å²) in [7, 11) is 1.00. The summed E-state index contributed by atoms with van der Waals surface area (Å²) >= 11 is 0. The van der Waals surface area contributed by atoms with Crippen LogP contribution in [0.25, 0.3) is 0 Å². The summed E-state index contributed by atoms with van der Waals surface area (Å²) < 4.78 is 0. The van der Waals surface area contributed by atoms with Crippen molar-refractivity contribution in [1.29, 1.82) is 0 Å². The fourth-order valence-electron chi connectivity index (χ4n) is 0.824. The van der Waals surface area contributed by atoms with Gasteiger partial charge in [0.15, 0.2) is 0 Å². The summed E-state index contributed by atoms with van der Waals surface area (Å²) in [4.78, 5) is 0. The van der Waals surface area contributed by atoms with E-state index in [0.29, 0.717) is 0 Å². The summed E-state index contributed by atoms with van der Waals surface area (Å²) in [6.07, 6.45) is 1.14. The van der Waals surface area contributed by atoms with Gasteiger partial charge in [0, 0.05) is 7.11 Å². The molecular formula is C12H22O. The third-order valence-corrected chi connectivity index (χ3v) is 1.53. The molecule has 0 aliphatic carbocycles. The van der Waals surface area contributed by atoms with Crippen molar-refractivity contribution in [2.24, 2.45) is 0 Å². The Balaban J connectivity index is 0. The first-order valence-electron chi connectivity index (χ1n) is 4.83. The van der Waals surface area contributed by atoms with Crippen LogP contribution in [0.4, 0.5) is 0 Å². The topological polar surface area (TPSA) is 20.2 Å². The third kappa shape index (κ3) is 7.54. The van der Waals surface area contributed by atoms with Crippen LogP contribution in [0, 0.1) is 6.92 Å². The van der Waals surface area contributed by atoms with Crippen molar-refractivity contribution < 1.29 is 5.11 Å². The van der Waals surface area contributed by atoms with E-state index >= 15 is 0 Å². The number of aryl methyl sites for hydroxylation is 2. The Hall–Kier alpha value is -0.820. The van der Waals surface area contributed by atoms with Crippen molar-refractivity contribution >= 4 is 0 Å². The fourth-order valence-corrected chi connectivity index (χ4v) is 0.824. The first-order chi connectivity index (χ1) is 6.33. The van der Waals surface area contributed by atoms with Crippen molar-refractivity contribution in [3.63, 3.8) is 0 Å². The summed E-state index contributed by atoms with van der Waals surface area (Å²) in [5, 5.41) is 7.00. The highest BCUT2D eigenvalue weighted by Crippen LogP contribution is 2.02. The molecule has 0 aromatic heterocycles. The molecule has 1 N–H and O–H groups in total. The van der Waals surface area contributed by atoms with Gasteiger partial charge in [0.05, 0.1) is 0 Å². The van der Waals surface area contributed by atoms with Gasteiger partial charge in [-0.05, 0) is 18.9 Å². The van der Waals surface area contributed by atoms with Crippen LogP contribution in [0.3, 0.4) is 0 Å². The maximum Gasteiger partial charge on any atom is 0.0319 e. The van der Waals surface area contributed by atoms with Crippen LogP contribution in [0.1, 0.15) is 31.9 Å². The van der Waals surface area contributed by atoms with E-state index in [2.05, 4.69) is 38.1 Å². The summed E-state index contributed by atoms with van der Waals surface area (Å²) in [5.41, 5.74) is 2.76. The number of hydrogen-bond acceptors (Lipinski definition) is 1. The van der Waals surface area contributed by atoms with Gasteiger partial charge in [-0.2, -0.15) is 0 Å². The van der Waals surface area contributed by atoms with Crippen molar-refractivity contribution in [1.82, 2.24) is 0 Å². The molecule has 1 rings (SSSR count).